The molecule has 0 aliphatic rings. The number of rotatable bonds is 2. The number of hydrogen-bond donors (Lipinski definition) is 1. The monoisotopic (exact) mass is 316 g/mol. The van der Waals surface area contributed by atoms with Crippen molar-refractivity contribution in [3.8, 4) is 0 Å². The number of nitrogens with one attached hydrogen (secondary N) is 1. The maximum atomic E-state index is 12.6. The minimum Gasteiger partial charge on any atom is -0.267 e. The number of amides is 2. The van der Waals surface area contributed by atoms with Crippen molar-refractivity contribution >= 4 is 23.2 Å². The number of thiophene rings is 1. The van der Waals surface area contributed by atoms with E-state index in [2.05, 4.69) is 5.43 Å². The molecule has 0 saturated carbocycles. The first kappa shape index (κ1) is 16.2. The molecule has 1 aromatic heterocycles. The van der Waals surface area contributed by atoms with Gasteiger partial charge in [-0.25, -0.2) is 5.01 Å². The number of carbonyl (C=O) groups excluding carboxylic acids is 2. The Labute approximate surface area is 134 Å². The van der Waals surface area contributed by atoms with Gasteiger partial charge in [0, 0.05) is 10.9 Å². The van der Waals surface area contributed by atoms with Gasteiger partial charge in [-0.1, -0.05) is 17.7 Å². The Morgan fingerprint density at radius 3 is 2.41 bits per heavy atom. The predicted molar refractivity (Wildman–Crippen MR) is 88.9 cm³/mol. The first-order valence-corrected chi connectivity index (χ1v) is 7.98. The summed E-state index contributed by atoms with van der Waals surface area (Å²) in [6, 6.07) is 9.04. The Balaban J connectivity index is 2.24. The molecule has 0 bridgehead atoms. The Morgan fingerprint density at radius 2 is 1.86 bits per heavy atom. The molecule has 0 aliphatic carbocycles. The van der Waals surface area contributed by atoms with Gasteiger partial charge in [0.25, 0.3) is 11.8 Å². The topological polar surface area (TPSA) is 49.4 Å². The van der Waals surface area contributed by atoms with Crippen molar-refractivity contribution in [3.63, 3.8) is 0 Å². The Morgan fingerprint density at radius 1 is 1.14 bits per heavy atom. The van der Waals surface area contributed by atoms with Crippen molar-refractivity contribution < 1.29 is 9.59 Å². The minimum atomic E-state index is -0.529. The van der Waals surface area contributed by atoms with Crippen molar-refractivity contribution in [2.75, 3.05) is 0 Å². The second-order valence-electron chi connectivity index (χ2n) is 6.13. The second-order valence-corrected chi connectivity index (χ2v) is 6.91. The normalized spacial score (nSPS) is 11.1. The Bertz CT molecular complexity index is 672. The molecule has 1 aromatic carbocycles. The van der Waals surface area contributed by atoms with E-state index in [1.165, 1.54) is 16.3 Å². The van der Waals surface area contributed by atoms with Crippen LogP contribution in [0.3, 0.4) is 0 Å². The van der Waals surface area contributed by atoms with Crippen molar-refractivity contribution in [3.05, 3.63) is 57.8 Å². The van der Waals surface area contributed by atoms with Crippen molar-refractivity contribution in [2.24, 2.45) is 0 Å². The third kappa shape index (κ3) is 3.74. The summed E-state index contributed by atoms with van der Waals surface area (Å²) in [5, 5.41) is 5.01. The number of carbonyl (C=O) groups is 2. The lowest BCUT2D eigenvalue weighted by Crippen LogP contribution is -2.55. The van der Waals surface area contributed by atoms with Crippen LogP contribution in [0.2, 0.25) is 0 Å². The molecule has 1 N–H and O–H groups in total. The molecular weight excluding hydrogens is 296 g/mol. The third-order valence-electron chi connectivity index (χ3n) is 3.14. The Hall–Kier alpha value is -2.14. The summed E-state index contributed by atoms with van der Waals surface area (Å²) in [6.07, 6.45) is 0. The van der Waals surface area contributed by atoms with Gasteiger partial charge in [0.05, 0.1) is 11.1 Å². The number of hydrogen-bond acceptors (Lipinski definition) is 3. The van der Waals surface area contributed by atoms with Crippen LogP contribution < -0.4 is 5.43 Å². The van der Waals surface area contributed by atoms with E-state index >= 15 is 0 Å². The fourth-order valence-corrected chi connectivity index (χ4v) is 2.62. The maximum absolute atomic E-state index is 12.6. The summed E-state index contributed by atoms with van der Waals surface area (Å²) >= 11 is 1.45. The summed E-state index contributed by atoms with van der Waals surface area (Å²) in [4.78, 5) is 25.0. The molecule has 1 heterocycles. The summed E-state index contributed by atoms with van der Waals surface area (Å²) in [6.45, 7) is 7.57. The summed E-state index contributed by atoms with van der Waals surface area (Å²) in [5.74, 6) is -0.503. The van der Waals surface area contributed by atoms with Crippen LogP contribution in [0.4, 0.5) is 0 Å². The van der Waals surface area contributed by atoms with Gasteiger partial charge >= 0.3 is 0 Å². The maximum Gasteiger partial charge on any atom is 0.273 e. The van der Waals surface area contributed by atoms with Gasteiger partial charge < -0.3 is 0 Å². The summed E-state index contributed by atoms with van der Waals surface area (Å²) in [7, 11) is 0. The van der Waals surface area contributed by atoms with Gasteiger partial charge in [-0.15, -0.1) is 0 Å². The van der Waals surface area contributed by atoms with Crippen LogP contribution >= 0.6 is 11.3 Å². The highest BCUT2D eigenvalue weighted by Gasteiger charge is 2.29. The molecule has 0 saturated heterocycles. The van der Waals surface area contributed by atoms with Crippen LogP contribution in [-0.4, -0.2) is 22.4 Å². The number of nitrogens with zero attached hydrogens (tertiary/aromatic N) is 1. The lowest BCUT2D eigenvalue weighted by molar-refractivity contribution is 0.0359. The number of aryl methyl sites for hydroxylation is 1. The minimum absolute atomic E-state index is 0.213. The van der Waals surface area contributed by atoms with Gasteiger partial charge in [-0.2, -0.15) is 11.3 Å². The van der Waals surface area contributed by atoms with E-state index < -0.39 is 5.54 Å². The average Bonchev–Trinajstić information content (AvgIpc) is 2.96. The smallest absolute Gasteiger partial charge is 0.267 e. The van der Waals surface area contributed by atoms with Crippen LogP contribution in [0.25, 0.3) is 0 Å². The van der Waals surface area contributed by atoms with Gasteiger partial charge in [0.1, 0.15) is 0 Å². The van der Waals surface area contributed by atoms with E-state index in [-0.39, 0.29) is 11.8 Å². The van der Waals surface area contributed by atoms with Crippen molar-refractivity contribution in [2.45, 2.75) is 33.2 Å². The molecule has 0 aliphatic heterocycles. The van der Waals surface area contributed by atoms with E-state index in [4.69, 9.17) is 0 Å². The first-order chi connectivity index (χ1) is 10.3. The molecule has 2 amide bonds. The van der Waals surface area contributed by atoms with E-state index in [1.807, 2.05) is 45.2 Å². The van der Waals surface area contributed by atoms with Crippen LogP contribution in [0.1, 0.15) is 47.1 Å². The molecule has 0 radical (unpaired) electrons. The molecule has 22 heavy (non-hydrogen) atoms. The van der Waals surface area contributed by atoms with Crippen molar-refractivity contribution in [1.29, 1.82) is 0 Å². The fourth-order valence-electron chi connectivity index (χ4n) is 1.99. The third-order valence-corrected chi connectivity index (χ3v) is 3.82. The van der Waals surface area contributed by atoms with Crippen LogP contribution in [0.15, 0.2) is 41.1 Å². The van der Waals surface area contributed by atoms with E-state index in [1.54, 1.807) is 23.6 Å². The molecule has 0 atom stereocenters. The lowest BCUT2D eigenvalue weighted by Gasteiger charge is -2.35. The second kappa shape index (κ2) is 6.32. The van der Waals surface area contributed by atoms with Gasteiger partial charge in [-0.05, 0) is 51.3 Å². The highest BCUT2D eigenvalue weighted by molar-refractivity contribution is 7.08. The lowest BCUT2D eigenvalue weighted by atomic mass is 10.1. The molecule has 5 heteroatoms. The average molecular weight is 316 g/mol. The molecule has 4 nitrogen and oxygen atoms in total. The molecular formula is C17H20N2O2S. The van der Waals surface area contributed by atoms with Gasteiger partial charge in [0.15, 0.2) is 0 Å². The summed E-state index contributed by atoms with van der Waals surface area (Å²) < 4.78 is 0. The fraction of sp³-hybridized carbons (Fsp3) is 0.294. The SMILES string of the molecule is Cc1cccc(C(=O)NN(C(=O)c2ccsc2)C(C)(C)C)c1. The highest BCUT2D eigenvalue weighted by atomic mass is 32.1. The number of benzene rings is 1. The molecule has 0 fully saturated rings. The highest BCUT2D eigenvalue weighted by Crippen LogP contribution is 2.17. The quantitative estimate of drug-likeness (QED) is 0.860. The standard InChI is InChI=1S/C17H20N2O2S/c1-12-6-5-7-13(10-12)15(20)18-19(17(2,3)4)16(21)14-8-9-22-11-14/h5-11H,1-4H3,(H,18,20). The molecule has 2 aromatic rings. The first-order valence-electron chi connectivity index (χ1n) is 7.03. The van der Waals surface area contributed by atoms with E-state index in [0.29, 0.717) is 11.1 Å². The van der Waals surface area contributed by atoms with Gasteiger partial charge in [0.2, 0.25) is 0 Å². The van der Waals surface area contributed by atoms with E-state index in [9.17, 15) is 9.59 Å². The molecule has 0 unspecified atom stereocenters. The molecule has 116 valence electrons. The zero-order valence-electron chi connectivity index (χ0n) is 13.2. The summed E-state index contributed by atoms with van der Waals surface area (Å²) in [5.41, 5.74) is 4.32. The van der Waals surface area contributed by atoms with Crippen LogP contribution in [0, 0.1) is 6.92 Å². The van der Waals surface area contributed by atoms with Crippen molar-refractivity contribution in [1.82, 2.24) is 10.4 Å². The number of hydrazine groups is 1. The molecule has 0 spiro atoms. The van der Waals surface area contributed by atoms with Gasteiger partial charge in [-0.3, -0.25) is 15.0 Å². The zero-order valence-corrected chi connectivity index (χ0v) is 14.0. The van der Waals surface area contributed by atoms with E-state index in [0.717, 1.165) is 5.56 Å². The zero-order chi connectivity index (χ0) is 16.3. The Kier molecular flexibility index (Phi) is 4.66. The van der Waals surface area contributed by atoms with Crippen LogP contribution in [-0.2, 0) is 0 Å². The largest absolute Gasteiger partial charge is 0.273 e. The predicted octanol–water partition coefficient (Wildman–Crippen LogP) is 3.64. The van der Waals surface area contributed by atoms with Crippen LogP contribution in [0.5, 0.6) is 0 Å². The molecule has 2 rings (SSSR count).